The van der Waals surface area contributed by atoms with E-state index in [-0.39, 0.29) is 30.3 Å². The van der Waals surface area contributed by atoms with Crippen molar-refractivity contribution < 1.29 is 18.4 Å². The smallest absolute Gasteiger partial charge is 0.273 e. The second kappa shape index (κ2) is 6.60. The van der Waals surface area contributed by atoms with Gasteiger partial charge in [-0.25, -0.2) is 8.42 Å². The summed E-state index contributed by atoms with van der Waals surface area (Å²) in [6.45, 7) is 4.56. The van der Waals surface area contributed by atoms with Crippen LogP contribution in [0.15, 0.2) is 35.7 Å². The number of sulfonamides is 1. The minimum atomic E-state index is -3.90. The molecule has 0 spiro atoms. The van der Waals surface area contributed by atoms with Crippen LogP contribution in [0.3, 0.4) is 0 Å². The zero-order valence-electron chi connectivity index (χ0n) is 11.0. The van der Waals surface area contributed by atoms with Gasteiger partial charge in [0.15, 0.2) is 0 Å². The monoisotopic (exact) mass is 300 g/mol. The minimum Gasteiger partial charge on any atom is -0.395 e. The van der Waals surface area contributed by atoms with Crippen molar-refractivity contribution in [3.63, 3.8) is 0 Å². The number of aryl methyl sites for hydroxylation is 1. The van der Waals surface area contributed by atoms with Crippen LogP contribution >= 0.6 is 0 Å². The molecular weight excluding hydrogens is 284 g/mol. The maximum atomic E-state index is 12.3. The van der Waals surface area contributed by atoms with E-state index >= 15 is 0 Å². The fourth-order valence-electron chi connectivity index (χ4n) is 1.66. The largest absolute Gasteiger partial charge is 0.395 e. The molecule has 0 aromatic heterocycles. The Kier molecular flexibility index (Phi) is 5.37. The lowest BCUT2D eigenvalue weighted by Gasteiger charge is -2.19. The number of nitro benzene ring substituents is 1. The summed E-state index contributed by atoms with van der Waals surface area (Å²) in [5.74, 6) is 0. The number of nitrogens with zero attached hydrogens (tertiary/aromatic N) is 2. The number of hydrogen-bond donors (Lipinski definition) is 1. The summed E-state index contributed by atoms with van der Waals surface area (Å²) in [4.78, 5) is 10.1. The third-order valence-electron chi connectivity index (χ3n) is 2.70. The van der Waals surface area contributed by atoms with Gasteiger partial charge in [-0.1, -0.05) is 12.1 Å². The van der Waals surface area contributed by atoms with Gasteiger partial charge >= 0.3 is 0 Å². The first-order valence-corrected chi connectivity index (χ1v) is 7.25. The molecule has 0 aliphatic rings. The third kappa shape index (κ3) is 3.41. The van der Waals surface area contributed by atoms with Gasteiger partial charge in [-0.15, -0.1) is 6.58 Å². The number of nitro groups is 1. The van der Waals surface area contributed by atoms with Crippen LogP contribution in [0.25, 0.3) is 0 Å². The van der Waals surface area contributed by atoms with E-state index in [0.29, 0.717) is 5.56 Å². The van der Waals surface area contributed by atoms with Crippen molar-refractivity contribution in [3.8, 4) is 0 Å². The molecule has 0 saturated carbocycles. The maximum Gasteiger partial charge on any atom is 0.273 e. The first kappa shape index (κ1) is 16.3. The molecule has 20 heavy (non-hydrogen) atoms. The van der Waals surface area contributed by atoms with Gasteiger partial charge in [-0.2, -0.15) is 4.31 Å². The number of aliphatic hydroxyl groups is 1. The molecule has 0 fully saturated rings. The zero-order valence-corrected chi connectivity index (χ0v) is 11.8. The molecule has 0 amide bonds. The lowest BCUT2D eigenvalue weighted by molar-refractivity contribution is -0.385. The number of rotatable bonds is 7. The molecule has 1 aromatic rings. The van der Waals surface area contributed by atoms with E-state index in [4.69, 9.17) is 5.11 Å². The van der Waals surface area contributed by atoms with Crippen LogP contribution in [0, 0.1) is 17.0 Å². The molecule has 0 atom stereocenters. The summed E-state index contributed by atoms with van der Waals surface area (Å²) < 4.78 is 25.7. The Bertz CT molecular complexity index is 612. The molecule has 0 aliphatic heterocycles. The van der Waals surface area contributed by atoms with Crippen LogP contribution in [0.5, 0.6) is 0 Å². The van der Waals surface area contributed by atoms with Crippen molar-refractivity contribution in [3.05, 3.63) is 46.5 Å². The van der Waals surface area contributed by atoms with Crippen LogP contribution in [-0.4, -0.2) is 42.4 Å². The van der Waals surface area contributed by atoms with Gasteiger partial charge in [0.05, 0.1) is 16.4 Å². The van der Waals surface area contributed by atoms with E-state index in [1.807, 2.05) is 0 Å². The summed E-state index contributed by atoms with van der Waals surface area (Å²) in [6.07, 6.45) is 1.38. The molecule has 7 nitrogen and oxygen atoms in total. The topological polar surface area (TPSA) is 101 Å². The SMILES string of the molecule is C=CCN(CCO)S(=O)(=O)c1ccc(C)c([N+](=O)[O-])c1. The molecule has 1 N–H and O–H groups in total. The molecule has 0 unspecified atom stereocenters. The summed E-state index contributed by atoms with van der Waals surface area (Å²) in [6, 6.07) is 3.72. The highest BCUT2D eigenvalue weighted by molar-refractivity contribution is 7.89. The lowest BCUT2D eigenvalue weighted by atomic mass is 10.2. The molecule has 0 saturated heterocycles. The normalized spacial score (nSPS) is 11.6. The van der Waals surface area contributed by atoms with Crippen molar-refractivity contribution in [2.75, 3.05) is 19.7 Å². The maximum absolute atomic E-state index is 12.3. The average molecular weight is 300 g/mol. The van der Waals surface area contributed by atoms with E-state index in [0.717, 1.165) is 10.4 Å². The molecule has 8 heteroatoms. The first-order chi connectivity index (χ1) is 9.34. The second-order valence-electron chi connectivity index (χ2n) is 4.08. The van der Waals surface area contributed by atoms with E-state index in [9.17, 15) is 18.5 Å². The molecule has 0 bridgehead atoms. The van der Waals surface area contributed by atoms with Crippen molar-refractivity contribution in [1.29, 1.82) is 0 Å². The van der Waals surface area contributed by atoms with Crippen LogP contribution < -0.4 is 0 Å². The van der Waals surface area contributed by atoms with E-state index < -0.39 is 14.9 Å². The molecule has 0 radical (unpaired) electrons. The van der Waals surface area contributed by atoms with Crippen molar-refractivity contribution in [2.24, 2.45) is 0 Å². The summed E-state index contributed by atoms with van der Waals surface area (Å²) in [5.41, 5.74) is 0.125. The lowest BCUT2D eigenvalue weighted by Crippen LogP contribution is -2.33. The predicted octanol–water partition coefficient (Wildman–Crippen LogP) is 1.07. The highest BCUT2D eigenvalue weighted by Gasteiger charge is 2.25. The van der Waals surface area contributed by atoms with Crippen LogP contribution in [0.2, 0.25) is 0 Å². The van der Waals surface area contributed by atoms with Gasteiger partial charge in [-0.3, -0.25) is 10.1 Å². The molecule has 0 heterocycles. The Balaban J connectivity index is 3.30. The summed E-state index contributed by atoms with van der Waals surface area (Å²) in [5, 5.41) is 19.8. The number of aliphatic hydroxyl groups excluding tert-OH is 1. The molecular formula is C12H16N2O5S. The Morgan fingerprint density at radius 1 is 1.50 bits per heavy atom. The Morgan fingerprint density at radius 2 is 2.15 bits per heavy atom. The molecule has 1 aromatic carbocycles. The summed E-state index contributed by atoms with van der Waals surface area (Å²) in [7, 11) is -3.90. The number of benzene rings is 1. The molecule has 110 valence electrons. The highest BCUT2D eigenvalue weighted by atomic mass is 32.2. The van der Waals surface area contributed by atoms with Crippen molar-refractivity contribution in [2.45, 2.75) is 11.8 Å². The van der Waals surface area contributed by atoms with Gasteiger partial charge < -0.3 is 5.11 Å². The Labute approximate surface area is 117 Å². The Morgan fingerprint density at radius 3 is 2.65 bits per heavy atom. The average Bonchev–Trinajstić information content (AvgIpc) is 2.38. The van der Waals surface area contributed by atoms with Crippen molar-refractivity contribution in [1.82, 2.24) is 4.31 Å². The van der Waals surface area contributed by atoms with E-state index in [2.05, 4.69) is 6.58 Å². The van der Waals surface area contributed by atoms with Gasteiger partial charge in [0, 0.05) is 24.7 Å². The zero-order chi connectivity index (χ0) is 15.3. The van der Waals surface area contributed by atoms with Gasteiger partial charge in [0.1, 0.15) is 0 Å². The first-order valence-electron chi connectivity index (χ1n) is 5.81. The van der Waals surface area contributed by atoms with E-state index in [1.165, 1.54) is 25.1 Å². The van der Waals surface area contributed by atoms with Crippen LogP contribution in [0.1, 0.15) is 5.56 Å². The standard InChI is InChI=1S/C12H16N2O5S/c1-3-6-13(7-8-15)20(18,19)11-5-4-10(2)12(9-11)14(16)17/h3-5,9,15H,1,6-8H2,2H3. The van der Waals surface area contributed by atoms with E-state index in [1.54, 1.807) is 0 Å². The minimum absolute atomic E-state index is 0.0184. The fourth-order valence-corrected chi connectivity index (χ4v) is 3.08. The van der Waals surface area contributed by atoms with Crippen LogP contribution in [0.4, 0.5) is 5.69 Å². The highest BCUT2D eigenvalue weighted by Crippen LogP contribution is 2.24. The summed E-state index contributed by atoms with van der Waals surface area (Å²) >= 11 is 0. The van der Waals surface area contributed by atoms with Gasteiger partial charge in [0.25, 0.3) is 5.69 Å². The predicted molar refractivity (Wildman–Crippen MR) is 73.9 cm³/mol. The van der Waals surface area contributed by atoms with Gasteiger partial charge in [-0.05, 0) is 13.0 Å². The molecule has 0 aliphatic carbocycles. The van der Waals surface area contributed by atoms with Crippen LogP contribution in [-0.2, 0) is 10.0 Å². The Hall–Kier alpha value is -1.77. The third-order valence-corrected chi connectivity index (χ3v) is 4.56. The number of hydrogen-bond acceptors (Lipinski definition) is 5. The fraction of sp³-hybridized carbons (Fsp3) is 0.333. The van der Waals surface area contributed by atoms with Crippen molar-refractivity contribution >= 4 is 15.7 Å². The second-order valence-corrected chi connectivity index (χ2v) is 6.02. The van der Waals surface area contributed by atoms with Gasteiger partial charge in [0.2, 0.25) is 10.0 Å². The quantitative estimate of drug-likeness (QED) is 0.461. The molecule has 1 rings (SSSR count).